The molecule has 0 aliphatic carbocycles. The minimum atomic E-state index is 0.0779. The van der Waals surface area contributed by atoms with E-state index in [-0.39, 0.29) is 5.91 Å². The maximum atomic E-state index is 12.4. The molecule has 5 heteroatoms. The number of aromatic nitrogens is 1. The van der Waals surface area contributed by atoms with Gasteiger partial charge in [0.15, 0.2) is 0 Å². The number of likely N-dealkylation sites (tertiary alicyclic amines) is 1. The van der Waals surface area contributed by atoms with Gasteiger partial charge < -0.3 is 14.2 Å². The zero-order chi connectivity index (χ0) is 19.0. The fourth-order valence-corrected chi connectivity index (χ4v) is 3.68. The molecule has 3 aromatic rings. The third-order valence-electron chi connectivity index (χ3n) is 5.25. The van der Waals surface area contributed by atoms with Crippen molar-refractivity contribution in [1.82, 2.24) is 9.47 Å². The van der Waals surface area contributed by atoms with E-state index >= 15 is 0 Å². The highest BCUT2D eigenvalue weighted by Crippen LogP contribution is 2.35. The number of benzene rings is 2. The van der Waals surface area contributed by atoms with E-state index in [1.54, 1.807) is 7.11 Å². The van der Waals surface area contributed by atoms with Gasteiger partial charge in [-0.05, 0) is 49.2 Å². The maximum absolute atomic E-state index is 12.4. The number of rotatable bonds is 4. The number of nitrogens with zero attached hydrogens (tertiary/aromatic N) is 3. The molecule has 2 heterocycles. The minimum absolute atomic E-state index is 0.0779. The van der Waals surface area contributed by atoms with Crippen molar-refractivity contribution in [2.24, 2.45) is 0 Å². The summed E-state index contributed by atoms with van der Waals surface area (Å²) in [6, 6.07) is 15.8. The van der Waals surface area contributed by atoms with Crippen LogP contribution in [0.5, 0.6) is 5.75 Å². The van der Waals surface area contributed by atoms with Gasteiger partial charge in [0.1, 0.15) is 11.8 Å². The molecule has 1 amide bonds. The second-order valence-electron chi connectivity index (χ2n) is 6.69. The summed E-state index contributed by atoms with van der Waals surface area (Å²) in [6.45, 7) is 4.49. The van der Waals surface area contributed by atoms with Crippen LogP contribution in [-0.2, 0) is 6.54 Å². The Morgan fingerprint density at radius 3 is 2.48 bits per heavy atom. The molecule has 2 aromatic carbocycles. The average molecular weight is 359 g/mol. The summed E-state index contributed by atoms with van der Waals surface area (Å²) >= 11 is 0. The molecule has 1 fully saturated rings. The van der Waals surface area contributed by atoms with Gasteiger partial charge in [-0.15, -0.1) is 0 Å². The molecule has 0 saturated carbocycles. The van der Waals surface area contributed by atoms with Gasteiger partial charge in [0.25, 0.3) is 5.91 Å². The number of fused-ring (bicyclic) bond motifs is 1. The Labute approximate surface area is 158 Å². The number of ether oxygens (including phenoxy) is 1. The van der Waals surface area contributed by atoms with E-state index < -0.39 is 0 Å². The molecule has 27 heavy (non-hydrogen) atoms. The summed E-state index contributed by atoms with van der Waals surface area (Å²) in [5, 5.41) is 10.7. The molecule has 4 rings (SSSR count). The minimum Gasteiger partial charge on any atom is -0.497 e. The number of nitriles is 1. The number of amides is 1. The number of hydrogen-bond acceptors (Lipinski definition) is 3. The van der Waals surface area contributed by atoms with Crippen molar-refractivity contribution in [1.29, 1.82) is 5.26 Å². The lowest BCUT2D eigenvalue weighted by molar-refractivity contribution is 0.0652. The summed E-state index contributed by atoms with van der Waals surface area (Å²) in [5.74, 6) is 0.809. The van der Waals surface area contributed by atoms with E-state index in [0.29, 0.717) is 11.1 Å². The lowest BCUT2D eigenvalue weighted by atomic mass is 10.0. The van der Waals surface area contributed by atoms with Gasteiger partial charge in [0, 0.05) is 30.6 Å². The number of carbonyl (C=O) groups excluding carboxylic acids is 1. The molecule has 0 radical (unpaired) electrons. The number of hydrogen-bond donors (Lipinski definition) is 0. The number of methoxy groups -OCH3 is 1. The molecule has 0 bridgehead atoms. The topological polar surface area (TPSA) is 58.3 Å². The van der Waals surface area contributed by atoms with Crippen LogP contribution < -0.4 is 4.74 Å². The largest absolute Gasteiger partial charge is 0.497 e. The Hall–Kier alpha value is -3.26. The predicted octanol–water partition coefficient (Wildman–Crippen LogP) is 4.05. The third kappa shape index (κ3) is 2.74. The Morgan fingerprint density at radius 2 is 1.93 bits per heavy atom. The van der Waals surface area contributed by atoms with Gasteiger partial charge in [0.05, 0.1) is 23.9 Å². The van der Waals surface area contributed by atoms with Crippen LogP contribution >= 0.6 is 0 Å². The van der Waals surface area contributed by atoms with Crippen LogP contribution in [0.3, 0.4) is 0 Å². The molecular weight excluding hydrogens is 338 g/mol. The maximum Gasteiger partial charge on any atom is 0.253 e. The summed E-state index contributed by atoms with van der Waals surface area (Å²) in [4.78, 5) is 14.2. The van der Waals surface area contributed by atoms with Crippen molar-refractivity contribution in [2.45, 2.75) is 19.9 Å². The number of carbonyl (C=O) groups is 1. The Balaban J connectivity index is 1.83. The van der Waals surface area contributed by atoms with Gasteiger partial charge in [-0.3, -0.25) is 4.79 Å². The lowest BCUT2D eigenvalue weighted by Crippen LogP contribution is -2.41. The van der Waals surface area contributed by atoms with Gasteiger partial charge in [-0.25, -0.2) is 0 Å². The van der Waals surface area contributed by atoms with E-state index in [0.717, 1.165) is 54.0 Å². The van der Waals surface area contributed by atoms with Crippen LogP contribution in [-0.4, -0.2) is 35.6 Å². The van der Waals surface area contributed by atoms with E-state index in [1.165, 1.54) is 0 Å². The molecule has 1 aliphatic heterocycles. The predicted molar refractivity (Wildman–Crippen MR) is 105 cm³/mol. The fraction of sp³-hybridized carbons (Fsp3) is 0.273. The summed E-state index contributed by atoms with van der Waals surface area (Å²) in [7, 11) is 1.62. The molecular formula is C22H21N3O2. The Kier molecular flexibility index (Phi) is 4.33. The Bertz CT molecular complexity index is 1050. The van der Waals surface area contributed by atoms with Crippen molar-refractivity contribution < 1.29 is 9.53 Å². The summed E-state index contributed by atoms with van der Waals surface area (Å²) < 4.78 is 7.47. The van der Waals surface area contributed by atoms with Crippen LogP contribution in [0.1, 0.15) is 29.3 Å². The zero-order valence-corrected chi connectivity index (χ0v) is 15.5. The molecule has 0 unspecified atom stereocenters. The highest BCUT2D eigenvalue weighted by Gasteiger charge is 2.22. The molecule has 0 N–H and O–H groups in total. The van der Waals surface area contributed by atoms with Crippen molar-refractivity contribution in [2.75, 3.05) is 20.2 Å². The van der Waals surface area contributed by atoms with Gasteiger partial charge in [-0.1, -0.05) is 12.1 Å². The SMILES string of the molecule is CCn1c(-c2ccc(C(=O)N3CCC3)cc2)c(C#N)c2cc(OC)ccc21. The van der Waals surface area contributed by atoms with Crippen molar-refractivity contribution in [3.63, 3.8) is 0 Å². The fourth-order valence-electron chi connectivity index (χ4n) is 3.68. The zero-order valence-electron chi connectivity index (χ0n) is 15.5. The molecule has 1 aliphatic rings. The van der Waals surface area contributed by atoms with Crippen molar-refractivity contribution in [3.8, 4) is 23.1 Å². The van der Waals surface area contributed by atoms with Gasteiger partial charge >= 0.3 is 0 Å². The summed E-state index contributed by atoms with van der Waals surface area (Å²) in [5.41, 5.74) is 4.14. The first-order valence-electron chi connectivity index (χ1n) is 9.18. The van der Waals surface area contributed by atoms with Crippen LogP contribution in [0.2, 0.25) is 0 Å². The first-order valence-corrected chi connectivity index (χ1v) is 9.18. The van der Waals surface area contributed by atoms with Crippen LogP contribution in [0.15, 0.2) is 42.5 Å². The molecule has 136 valence electrons. The first-order chi connectivity index (χ1) is 13.2. The average Bonchev–Trinajstić information content (AvgIpc) is 2.99. The lowest BCUT2D eigenvalue weighted by Gasteiger charge is -2.30. The van der Waals surface area contributed by atoms with E-state index in [2.05, 4.69) is 17.6 Å². The van der Waals surface area contributed by atoms with Crippen LogP contribution in [0.4, 0.5) is 0 Å². The summed E-state index contributed by atoms with van der Waals surface area (Å²) in [6.07, 6.45) is 1.08. The van der Waals surface area contributed by atoms with Crippen molar-refractivity contribution in [3.05, 3.63) is 53.6 Å². The van der Waals surface area contributed by atoms with Gasteiger partial charge in [-0.2, -0.15) is 5.26 Å². The Morgan fingerprint density at radius 1 is 1.19 bits per heavy atom. The van der Waals surface area contributed by atoms with E-state index in [1.807, 2.05) is 47.4 Å². The molecule has 5 nitrogen and oxygen atoms in total. The van der Waals surface area contributed by atoms with E-state index in [9.17, 15) is 10.1 Å². The molecule has 0 spiro atoms. The van der Waals surface area contributed by atoms with Crippen LogP contribution in [0.25, 0.3) is 22.2 Å². The monoisotopic (exact) mass is 359 g/mol. The van der Waals surface area contributed by atoms with E-state index in [4.69, 9.17) is 4.74 Å². The molecule has 1 aromatic heterocycles. The van der Waals surface area contributed by atoms with Crippen molar-refractivity contribution >= 4 is 16.8 Å². The standard InChI is InChI=1S/C22H21N3O2/c1-3-25-20-10-9-17(27-2)13-18(20)19(14-23)21(25)15-5-7-16(8-6-15)22(26)24-11-4-12-24/h5-10,13H,3-4,11-12H2,1-2H3. The van der Waals surface area contributed by atoms with Crippen LogP contribution in [0, 0.1) is 11.3 Å². The molecule has 1 saturated heterocycles. The highest BCUT2D eigenvalue weighted by molar-refractivity contribution is 5.97. The second-order valence-corrected chi connectivity index (χ2v) is 6.69. The second kappa shape index (κ2) is 6.81. The molecule has 0 atom stereocenters. The van der Waals surface area contributed by atoms with Gasteiger partial charge in [0.2, 0.25) is 0 Å². The first kappa shape index (κ1) is 17.2. The normalized spacial score (nSPS) is 13.3. The smallest absolute Gasteiger partial charge is 0.253 e. The third-order valence-corrected chi connectivity index (χ3v) is 5.25. The highest BCUT2D eigenvalue weighted by atomic mass is 16.5. The quantitative estimate of drug-likeness (QED) is 0.706. The number of aryl methyl sites for hydroxylation is 1.